The maximum Gasteiger partial charge on any atom is 0.416 e. The molecule has 2 aromatic carbocycles. The van der Waals surface area contributed by atoms with Crippen molar-refractivity contribution in [1.29, 1.82) is 0 Å². The van der Waals surface area contributed by atoms with Crippen LogP contribution in [0.5, 0.6) is 0 Å². The number of carbonyl (C=O) groups is 2. The number of aromatic nitrogens is 2. The summed E-state index contributed by atoms with van der Waals surface area (Å²) in [6.07, 6.45) is -8.69. The number of ether oxygens (including phenoxy) is 2. The molecule has 1 spiro atoms. The fourth-order valence-corrected chi connectivity index (χ4v) is 4.89. The van der Waals surface area contributed by atoms with Crippen molar-refractivity contribution in [3.8, 4) is 11.3 Å². The molecule has 3 aromatic rings. The summed E-state index contributed by atoms with van der Waals surface area (Å²) in [5, 5.41) is 28.5. The number of nitrogens with zero attached hydrogens (tertiary/aromatic N) is 3. The normalized spacial score (nSPS) is 25.9. The van der Waals surface area contributed by atoms with Crippen molar-refractivity contribution in [2.24, 2.45) is 0 Å². The van der Waals surface area contributed by atoms with E-state index in [1.807, 2.05) is 0 Å². The molecule has 0 amide bonds. The fourth-order valence-electron chi connectivity index (χ4n) is 4.89. The van der Waals surface area contributed by atoms with Crippen LogP contribution < -0.4 is 0 Å². The summed E-state index contributed by atoms with van der Waals surface area (Å²) in [6, 6.07) is 13.3. The summed E-state index contributed by atoms with van der Waals surface area (Å²) in [6.45, 7) is 1.86. The van der Waals surface area contributed by atoms with Gasteiger partial charge in [-0.1, -0.05) is 30.3 Å². The molecule has 1 saturated heterocycles. The smallest absolute Gasteiger partial charge is 0.402 e. The van der Waals surface area contributed by atoms with E-state index in [2.05, 4.69) is 10.2 Å². The molecule has 3 unspecified atom stereocenters. The van der Waals surface area contributed by atoms with E-state index in [-0.39, 0.29) is 18.5 Å². The fraction of sp³-hybridized carbons (Fsp3) is 0.333. The molecule has 0 saturated carbocycles. The standard InChI is InChI=1S/C27H24F3N3O6/c1-14-6-9-21(32-31-14)16-7-8-19-18(15-4-3-5-17(12-15)26(28,29)30)10-11-33(2)27(20(19)13-16)38-24(36)22(34)23(35)25(37)39-27/h3-9,12-13,18,22-23,34-35H,10-11H2,1-2H3. The van der Waals surface area contributed by atoms with Gasteiger partial charge >= 0.3 is 24.0 Å². The van der Waals surface area contributed by atoms with Crippen molar-refractivity contribution < 1.29 is 42.4 Å². The number of carbonyl (C=O) groups excluding carboxylic acids is 2. The van der Waals surface area contributed by atoms with Gasteiger partial charge in [0.1, 0.15) is 0 Å². The van der Waals surface area contributed by atoms with E-state index in [1.165, 1.54) is 18.0 Å². The van der Waals surface area contributed by atoms with E-state index in [9.17, 15) is 33.0 Å². The van der Waals surface area contributed by atoms with Gasteiger partial charge in [-0.25, -0.2) is 14.5 Å². The van der Waals surface area contributed by atoms with Crippen molar-refractivity contribution in [3.05, 3.63) is 82.5 Å². The highest BCUT2D eigenvalue weighted by atomic mass is 19.4. The van der Waals surface area contributed by atoms with Gasteiger partial charge in [-0.2, -0.15) is 23.4 Å². The molecular formula is C27H24F3N3O6. The molecule has 9 nitrogen and oxygen atoms in total. The largest absolute Gasteiger partial charge is 0.416 e. The highest BCUT2D eigenvalue weighted by Gasteiger charge is 2.55. The molecular weight excluding hydrogens is 519 g/mol. The molecule has 3 heterocycles. The number of rotatable bonds is 2. The molecule has 2 aliphatic heterocycles. The zero-order chi connectivity index (χ0) is 28.1. The van der Waals surface area contributed by atoms with E-state index in [0.29, 0.717) is 28.1 Å². The first kappa shape index (κ1) is 26.7. The average molecular weight is 543 g/mol. The van der Waals surface area contributed by atoms with Crippen molar-refractivity contribution in [3.63, 3.8) is 0 Å². The zero-order valence-corrected chi connectivity index (χ0v) is 20.8. The summed E-state index contributed by atoms with van der Waals surface area (Å²) < 4.78 is 51.9. The van der Waals surface area contributed by atoms with Crippen molar-refractivity contribution in [1.82, 2.24) is 15.1 Å². The van der Waals surface area contributed by atoms with E-state index in [0.717, 1.165) is 12.1 Å². The summed E-state index contributed by atoms with van der Waals surface area (Å²) in [4.78, 5) is 27.0. The van der Waals surface area contributed by atoms with Crippen LogP contribution in [0.4, 0.5) is 13.2 Å². The minimum atomic E-state index is -4.56. The lowest BCUT2D eigenvalue weighted by Crippen LogP contribution is -2.50. The molecule has 0 radical (unpaired) electrons. The Balaban J connectivity index is 1.74. The second kappa shape index (κ2) is 9.70. The molecule has 3 atom stereocenters. The molecule has 0 aliphatic carbocycles. The number of aliphatic hydroxyl groups excluding tert-OH is 2. The second-order valence-electron chi connectivity index (χ2n) is 9.56. The number of hydrogen-bond donors (Lipinski definition) is 2. The third kappa shape index (κ3) is 4.75. The molecule has 1 fully saturated rings. The SMILES string of the molecule is Cc1ccc(-c2ccc3c(c2)C2(OC(=O)C(O)C(O)C(=O)O2)N(C)CCC3c2cccc(C(F)(F)F)c2)nn1. The number of esters is 2. The summed E-state index contributed by atoms with van der Waals surface area (Å²) in [7, 11) is 1.50. The predicted molar refractivity (Wildman–Crippen MR) is 129 cm³/mol. The minimum Gasteiger partial charge on any atom is -0.402 e. The van der Waals surface area contributed by atoms with E-state index in [1.54, 1.807) is 43.3 Å². The lowest BCUT2D eigenvalue weighted by Gasteiger charge is -2.38. The van der Waals surface area contributed by atoms with Gasteiger partial charge in [-0.05, 0) is 55.8 Å². The van der Waals surface area contributed by atoms with E-state index >= 15 is 0 Å². The molecule has 5 rings (SSSR count). The van der Waals surface area contributed by atoms with Crippen LogP contribution in [-0.4, -0.2) is 63.0 Å². The van der Waals surface area contributed by atoms with Gasteiger partial charge in [-0.3, -0.25) is 0 Å². The highest BCUT2D eigenvalue weighted by molar-refractivity contribution is 5.87. The van der Waals surface area contributed by atoms with E-state index in [4.69, 9.17) is 9.47 Å². The second-order valence-corrected chi connectivity index (χ2v) is 9.56. The Bertz CT molecular complexity index is 1410. The van der Waals surface area contributed by atoms with Crippen LogP contribution in [0.1, 0.15) is 40.3 Å². The number of halogens is 3. The van der Waals surface area contributed by atoms with Crippen molar-refractivity contribution in [2.45, 2.75) is 43.6 Å². The van der Waals surface area contributed by atoms with Crippen molar-refractivity contribution >= 4 is 11.9 Å². The molecule has 1 aromatic heterocycles. The van der Waals surface area contributed by atoms with Gasteiger partial charge in [0.25, 0.3) is 0 Å². The quantitative estimate of drug-likeness (QED) is 0.470. The molecule has 204 valence electrons. The van der Waals surface area contributed by atoms with Crippen LogP contribution in [0.25, 0.3) is 11.3 Å². The van der Waals surface area contributed by atoms with E-state index < -0.39 is 47.7 Å². The Morgan fingerprint density at radius 1 is 0.974 bits per heavy atom. The van der Waals surface area contributed by atoms with Crippen LogP contribution in [0.3, 0.4) is 0 Å². The van der Waals surface area contributed by atoms with Gasteiger partial charge in [0.15, 0.2) is 12.2 Å². The molecule has 39 heavy (non-hydrogen) atoms. The first-order valence-electron chi connectivity index (χ1n) is 12.1. The van der Waals surface area contributed by atoms with Gasteiger partial charge in [-0.15, -0.1) is 0 Å². The molecule has 2 aliphatic rings. The number of aliphatic hydroxyl groups is 2. The Kier molecular flexibility index (Phi) is 6.65. The topological polar surface area (TPSA) is 122 Å². The van der Waals surface area contributed by atoms with Crippen LogP contribution in [0, 0.1) is 6.92 Å². The Morgan fingerprint density at radius 2 is 1.67 bits per heavy atom. The lowest BCUT2D eigenvalue weighted by molar-refractivity contribution is -0.288. The maximum atomic E-state index is 13.5. The summed E-state index contributed by atoms with van der Waals surface area (Å²) >= 11 is 0. The number of hydrogen-bond acceptors (Lipinski definition) is 9. The summed E-state index contributed by atoms with van der Waals surface area (Å²) in [5.74, 6) is -5.46. The molecule has 12 heteroatoms. The van der Waals surface area contributed by atoms with Gasteiger partial charge in [0, 0.05) is 18.0 Å². The predicted octanol–water partition coefficient (Wildman–Crippen LogP) is 2.87. The van der Waals surface area contributed by atoms with Gasteiger partial charge in [0.2, 0.25) is 0 Å². The number of aryl methyl sites for hydroxylation is 1. The van der Waals surface area contributed by atoms with Crippen molar-refractivity contribution in [2.75, 3.05) is 13.6 Å². The zero-order valence-electron chi connectivity index (χ0n) is 20.8. The Morgan fingerprint density at radius 3 is 2.28 bits per heavy atom. The minimum absolute atomic E-state index is 0.0992. The lowest BCUT2D eigenvalue weighted by atomic mass is 9.84. The number of benzene rings is 2. The highest BCUT2D eigenvalue weighted by Crippen LogP contribution is 2.46. The van der Waals surface area contributed by atoms with Crippen LogP contribution in [-0.2, 0) is 31.2 Å². The maximum absolute atomic E-state index is 13.5. The van der Waals surface area contributed by atoms with Crippen LogP contribution >= 0.6 is 0 Å². The number of fused-ring (bicyclic) bond motifs is 2. The monoisotopic (exact) mass is 543 g/mol. The first-order valence-corrected chi connectivity index (χ1v) is 12.1. The van der Waals surface area contributed by atoms with Crippen LogP contribution in [0.2, 0.25) is 0 Å². The third-order valence-electron chi connectivity index (χ3n) is 6.99. The number of alkyl halides is 3. The molecule has 2 N–H and O–H groups in total. The Labute approximate surface area is 220 Å². The first-order chi connectivity index (χ1) is 18.4. The van der Waals surface area contributed by atoms with Gasteiger partial charge in [0.05, 0.1) is 22.5 Å². The Hall–Kier alpha value is -3.87. The third-order valence-corrected chi connectivity index (χ3v) is 6.99. The summed E-state index contributed by atoms with van der Waals surface area (Å²) in [5.41, 5.74) is 1.69. The average Bonchev–Trinajstić information content (AvgIpc) is 3.07. The molecule has 0 bridgehead atoms. The van der Waals surface area contributed by atoms with Gasteiger partial charge < -0.3 is 19.7 Å². The van der Waals surface area contributed by atoms with Crippen LogP contribution in [0.15, 0.2) is 54.6 Å².